The van der Waals surface area contributed by atoms with Gasteiger partial charge in [-0.25, -0.2) is 9.96 Å². The van der Waals surface area contributed by atoms with Gasteiger partial charge in [-0.15, -0.1) is 0 Å². The van der Waals surface area contributed by atoms with Crippen LogP contribution in [0.3, 0.4) is 0 Å². The minimum Gasteiger partial charge on any atom is -0.494 e. The minimum atomic E-state index is -1.01. The maximum atomic E-state index is 14.0. The van der Waals surface area contributed by atoms with E-state index in [0.29, 0.717) is 46.5 Å². The van der Waals surface area contributed by atoms with Gasteiger partial charge < -0.3 is 18.9 Å². The number of hydrogen-bond acceptors (Lipinski definition) is 8. The molecule has 0 spiro atoms. The number of fused-ring (bicyclic) bond motifs is 1. The van der Waals surface area contributed by atoms with E-state index in [1.54, 1.807) is 35.4 Å². The van der Waals surface area contributed by atoms with Gasteiger partial charge >= 0.3 is 0 Å². The zero-order valence-corrected chi connectivity index (χ0v) is 21.7. The molecule has 2 saturated heterocycles. The number of hydrogen-bond donors (Lipinski definition) is 0. The van der Waals surface area contributed by atoms with Crippen molar-refractivity contribution in [3.05, 3.63) is 72.3 Å². The summed E-state index contributed by atoms with van der Waals surface area (Å²) in [6.45, 7) is 2.61. The van der Waals surface area contributed by atoms with Gasteiger partial charge in [-0.3, -0.25) is 14.4 Å². The molecule has 0 aliphatic carbocycles. The molecule has 0 bridgehead atoms. The van der Waals surface area contributed by atoms with Gasteiger partial charge in [0.15, 0.2) is 17.6 Å². The standard InChI is InChI=1S/C29H30N2O7/c1-5-17-37-20-13-11-18(12-14-20)30-28(32)23-24(21-15-16-22(34-2)26(36-4)25(21)35-3)31(38-27(23)29(30)33)19-9-7-6-8-10-19/h6-16,23-24,27H,5,17H2,1-4H3/t23-,24-,27-/m0/s1. The van der Waals surface area contributed by atoms with Gasteiger partial charge in [-0.05, 0) is 55.0 Å². The summed E-state index contributed by atoms with van der Waals surface area (Å²) in [6.07, 6.45) is -0.133. The monoisotopic (exact) mass is 518 g/mol. The number of nitrogens with zero attached hydrogens (tertiary/aromatic N) is 2. The SMILES string of the molecule is CCCOc1ccc(N2C(=O)[C@@H]3[C@H](ON(c4ccccc4)[C@H]3c3ccc(OC)c(OC)c3OC)C2=O)cc1. The summed E-state index contributed by atoms with van der Waals surface area (Å²) in [5, 5.41) is 1.62. The first-order valence-corrected chi connectivity index (χ1v) is 12.4. The van der Waals surface area contributed by atoms with Crippen molar-refractivity contribution in [1.82, 2.24) is 0 Å². The van der Waals surface area contributed by atoms with Crippen LogP contribution in [0.4, 0.5) is 11.4 Å². The summed E-state index contributed by atoms with van der Waals surface area (Å²) in [6, 6.07) is 19.2. The molecule has 0 saturated carbocycles. The number of anilines is 2. The van der Waals surface area contributed by atoms with E-state index in [9.17, 15) is 9.59 Å². The van der Waals surface area contributed by atoms with Crippen LogP contribution >= 0.6 is 0 Å². The first-order chi connectivity index (χ1) is 18.5. The summed E-state index contributed by atoms with van der Waals surface area (Å²) < 4.78 is 22.5. The first-order valence-electron chi connectivity index (χ1n) is 12.4. The molecule has 2 amide bonds. The van der Waals surface area contributed by atoms with Crippen LogP contribution in [0.15, 0.2) is 66.7 Å². The highest BCUT2D eigenvalue weighted by molar-refractivity contribution is 6.24. The summed E-state index contributed by atoms with van der Waals surface area (Å²) in [4.78, 5) is 35.0. The number of hydroxylamine groups is 1. The Balaban J connectivity index is 1.58. The second kappa shape index (κ2) is 10.6. The van der Waals surface area contributed by atoms with Crippen molar-refractivity contribution in [2.45, 2.75) is 25.5 Å². The molecule has 2 fully saturated rings. The van der Waals surface area contributed by atoms with Gasteiger partial charge in [0.25, 0.3) is 5.91 Å². The molecule has 198 valence electrons. The van der Waals surface area contributed by atoms with Crippen LogP contribution in [-0.2, 0) is 14.4 Å². The minimum absolute atomic E-state index is 0.359. The van der Waals surface area contributed by atoms with Crippen LogP contribution in [0.2, 0.25) is 0 Å². The lowest BCUT2D eigenvalue weighted by Crippen LogP contribution is -2.37. The van der Waals surface area contributed by atoms with Crippen molar-refractivity contribution in [3.8, 4) is 23.0 Å². The van der Waals surface area contributed by atoms with E-state index in [-0.39, 0.29) is 5.91 Å². The van der Waals surface area contributed by atoms with Crippen molar-refractivity contribution in [2.24, 2.45) is 5.92 Å². The van der Waals surface area contributed by atoms with Crippen LogP contribution in [0.25, 0.3) is 0 Å². The predicted octanol–water partition coefficient (Wildman–Crippen LogP) is 4.55. The third-order valence-corrected chi connectivity index (χ3v) is 6.75. The van der Waals surface area contributed by atoms with E-state index in [4.69, 9.17) is 23.8 Å². The molecule has 0 unspecified atom stereocenters. The number of rotatable bonds is 9. The van der Waals surface area contributed by atoms with E-state index in [0.717, 1.165) is 6.42 Å². The number of para-hydroxylation sites is 1. The lowest BCUT2D eigenvalue weighted by atomic mass is 9.89. The van der Waals surface area contributed by atoms with Crippen molar-refractivity contribution in [3.63, 3.8) is 0 Å². The molecule has 2 aliphatic heterocycles. The normalized spacial score (nSPS) is 20.5. The topological polar surface area (TPSA) is 86.8 Å². The lowest BCUT2D eigenvalue weighted by molar-refractivity contribution is -0.126. The summed E-state index contributed by atoms with van der Waals surface area (Å²) in [5.41, 5.74) is 1.80. The van der Waals surface area contributed by atoms with Crippen LogP contribution in [0.5, 0.6) is 23.0 Å². The van der Waals surface area contributed by atoms with E-state index >= 15 is 0 Å². The maximum absolute atomic E-state index is 14.0. The Morgan fingerprint density at radius 2 is 1.50 bits per heavy atom. The van der Waals surface area contributed by atoms with Crippen molar-refractivity contribution >= 4 is 23.2 Å². The largest absolute Gasteiger partial charge is 0.494 e. The van der Waals surface area contributed by atoms with Crippen LogP contribution < -0.4 is 28.9 Å². The summed E-state index contributed by atoms with van der Waals surface area (Å²) in [7, 11) is 4.58. The van der Waals surface area contributed by atoms with Gasteiger partial charge in [-0.1, -0.05) is 25.1 Å². The van der Waals surface area contributed by atoms with E-state index in [2.05, 4.69) is 0 Å². The average Bonchev–Trinajstić information content (AvgIpc) is 3.47. The number of carbonyl (C=O) groups is 2. The molecule has 9 nitrogen and oxygen atoms in total. The molecular weight excluding hydrogens is 488 g/mol. The Morgan fingerprint density at radius 1 is 0.789 bits per heavy atom. The predicted molar refractivity (Wildman–Crippen MR) is 141 cm³/mol. The molecule has 2 aliphatic rings. The van der Waals surface area contributed by atoms with Crippen LogP contribution in [-0.4, -0.2) is 45.9 Å². The number of benzene rings is 3. The van der Waals surface area contributed by atoms with E-state index in [1.165, 1.54) is 26.2 Å². The van der Waals surface area contributed by atoms with Crippen molar-refractivity contribution in [2.75, 3.05) is 37.9 Å². The molecule has 3 atom stereocenters. The zero-order valence-electron chi connectivity index (χ0n) is 21.7. The van der Waals surface area contributed by atoms with E-state index in [1.807, 2.05) is 43.3 Å². The smallest absolute Gasteiger partial charge is 0.266 e. The zero-order chi connectivity index (χ0) is 26.8. The number of methoxy groups -OCH3 is 3. The Labute approximate surface area is 221 Å². The maximum Gasteiger partial charge on any atom is 0.266 e. The highest BCUT2D eigenvalue weighted by Gasteiger charge is 2.61. The number of imide groups is 1. The van der Waals surface area contributed by atoms with Crippen LogP contribution in [0.1, 0.15) is 24.9 Å². The molecular formula is C29H30N2O7. The molecule has 3 aromatic carbocycles. The molecule has 2 heterocycles. The Kier molecular flexibility index (Phi) is 7.11. The molecule has 38 heavy (non-hydrogen) atoms. The highest BCUT2D eigenvalue weighted by Crippen LogP contribution is 2.52. The Hall–Kier alpha value is -4.24. The molecule has 0 aromatic heterocycles. The lowest BCUT2D eigenvalue weighted by Gasteiger charge is -2.30. The van der Waals surface area contributed by atoms with Gasteiger partial charge in [0, 0.05) is 5.56 Å². The number of ether oxygens (including phenoxy) is 4. The molecule has 0 radical (unpaired) electrons. The molecule has 9 heteroatoms. The Bertz CT molecular complexity index is 1310. The number of amides is 2. The molecule has 0 N–H and O–H groups in total. The first kappa shape index (κ1) is 25.4. The third-order valence-electron chi connectivity index (χ3n) is 6.75. The fourth-order valence-electron chi connectivity index (χ4n) is 5.05. The molecule has 5 rings (SSSR count). The summed E-state index contributed by atoms with van der Waals surface area (Å²) >= 11 is 0. The fourth-order valence-corrected chi connectivity index (χ4v) is 5.05. The van der Waals surface area contributed by atoms with Gasteiger partial charge in [0.2, 0.25) is 11.7 Å². The van der Waals surface area contributed by atoms with Crippen molar-refractivity contribution in [1.29, 1.82) is 0 Å². The van der Waals surface area contributed by atoms with Crippen molar-refractivity contribution < 1.29 is 33.4 Å². The number of carbonyl (C=O) groups excluding carboxylic acids is 2. The molecule has 3 aromatic rings. The fraction of sp³-hybridized carbons (Fsp3) is 0.310. The van der Waals surface area contributed by atoms with Crippen LogP contribution in [0, 0.1) is 5.92 Å². The van der Waals surface area contributed by atoms with Gasteiger partial charge in [0.1, 0.15) is 17.7 Å². The van der Waals surface area contributed by atoms with E-state index < -0.39 is 24.0 Å². The second-order valence-corrected chi connectivity index (χ2v) is 8.94. The summed E-state index contributed by atoms with van der Waals surface area (Å²) in [5.74, 6) is 0.335. The quantitative estimate of drug-likeness (QED) is 0.382. The highest BCUT2D eigenvalue weighted by atomic mass is 16.7. The Morgan fingerprint density at radius 3 is 2.13 bits per heavy atom. The second-order valence-electron chi connectivity index (χ2n) is 8.94. The average molecular weight is 519 g/mol. The van der Waals surface area contributed by atoms with Gasteiger partial charge in [0.05, 0.1) is 39.3 Å². The third kappa shape index (κ3) is 4.18. The van der Waals surface area contributed by atoms with Gasteiger partial charge in [-0.2, -0.15) is 0 Å².